The number of hydrogen-bond acceptors (Lipinski definition) is 2. The summed E-state index contributed by atoms with van der Waals surface area (Å²) < 4.78 is 0. The molecule has 0 saturated carbocycles. The first-order valence-electron chi connectivity index (χ1n) is 3.10. The van der Waals surface area contributed by atoms with Gasteiger partial charge in [-0.15, -0.1) is 0 Å². The quantitative estimate of drug-likeness (QED) is 0.452. The summed E-state index contributed by atoms with van der Waals surface area (Å²) in [6.07, 6.45) is 2.42. The van der Waals surface area contributed by atoms with E-state index in [1.54, 1.807) is 0 Å². The van der Waals surface area contributed by atoms with E-state index in [-0.39, 0.29) is 64.4 Å². The molecule has 56 valence electrons. The van der Waals surface area contributed by atoms with Crippen LogP contribution in [0.5, 0.6) is 0 Å². The second-order valence-electron chi connectivity index (χ2n) is 1.93. The molecule has 0 rings (SSSR count). The van der Waals surface area contributed by atoms with Crippen LogP contribution >= 0.6 is 0 Å². The van der Waals surface area contributed by atoms with E-state index in [4.69, 9.17) is 10.2 Å². The SMILES string of the molecule is O=C(O)CCCCCO.[KH]. The summed E-state index contributed by atoms with van der Waals surface area (Å²) in [5.41, 5.74) is 0. The molecule has 4 heteroatoms. The van der Waals surface area contributed by atoms with Crippen LogP contribution in [0.3, 0.4) is 0 Å². The Morgan fingerprint density at radius 3 is 2.20 bits per heavy atom. The van der Waals surface area contributed by atoms with Crippen molar-refractivity contribution in [2.75, 3.05) is 6.61 Å². The Bertz CT molecular complexity index is 85.1. The van der Waals surface area contributed by atoms with Gasteiger partial charge in [0.15, 0.2) is 0 Å². The van der Waals surface area contributed by atoms with E-state index in [0.717, 1.165) is 6.42 Å². The minimum absolute atomic E-state index is 0. The van der Waals surface area contributed by atoms with E-state index in [2.05, 4.69) is 0 Å². The Morgan fingerprint density at radius 1 is 1.20 bits per heavy atom. The van der Waals surface area contributed by atoms with E-state index in [1.165, 1.54) is 0 Å². The molecule has 3 nitrogen and oxygen atoms in total. The second kappa shape index (κ2) is 10.1. The summed E-state index contributed by atoms with van der Waals surface area (Å²) >= 11 is 0. The van der Waals surface area contributed by atoms with E-state index in [9.17, 15) is 4.79 Å². The molecule has 0 atom stereocenters. The zero-order valence-electron chi connectivity index (χ0n) is 5.34. The van der Waals surface area contributed by atoms with Gasteiger partial charge in [-0.05, 0) is 12.8 Å². The summed E-state index contributed by atoms with van der Waals surface area (Å²) in [4.78, 5) is 9.90. The summed E-state index contributed by atoms with van der Waals surface area (Å²) in [7, 11) is 0. The van der Waals surface area contributed by atoms with Crippen LogP contribution in [-0.4, -0.2) is 74.2 Å². The number of hydrogen-bond donors (Lipinski definition) is 2. The molecule has 2 N–H and O–H groups in total. The third kappa shape index (κ3) is 11.8. The van der Waals surface area contributed by atoms with Crippen LogP contribution in [-0.2, 0) is 4.79 Å². The normalized spacial score (nSPS) is 8.50. The van der Waals surface area contributed by atoms with E-state index in [0.29, 0.717) is 12.8 Å². The Morgan fingerprint density at radius 2 is 1.80 bits per heavy atom. The van der Waals surface area contributed by atoms with Gasteiger partial charge in [-0.3, -0.25) is 4.79 Å². The predicted octanol–water partition coefficient (Wildman–Crippen LogP) is -0.0248. The van der Waals surface area contributed by atoms with Crippen LogP contribution in [0.2, 0.25) is 0 Å². The summed E-state index contributed by atoms with van der Waals surface area (Å²) in [5, 5.41) is 16.4. The topological polar surface area (TPSA) is 57.5 Å². The fourth-order valence-corrected chi connectivity index (χ4v) is 0.565. The predicted molar refractivity (Wildman–Crippen MR) is 40.3 cm³/mol. The standard InChI is InChI=1S/C6H12O3.K.H/c7-5-3-1-2-4-6(8)9;;/h7H,1-5H2,(H,8,9);;. The number of aliphatic hydroxyl groups excluding tert-OH is 1. The average Bonchev–Trinajstić information content (AvgIpc) is 1.80. The number of carbonyl (C=O) groups is 1. The molecule has 0 aromatic rings. The first-order chi connectivity index (χ1) is 4.27. The molecule has 0 aromatic carbocycles. The number of rotatable bonds is 5. The number of aliphatic hydroxyl groups is 1. The van der Waals surface area contributed by atoms with Gasteiger partial charge in [0.2, 0.25) is 0 Å². The molecule has 0 bridgehead atoms. The van der Waals surface area contributed by atoms with Crippen molar-refractivity contribution in [1.82, 2.24) is 0 Å². The Hall–Kier alpha value is 1.07. The van der Waals surface area contributed by atoms with Gasteiger partial charge in [0, 0.05) is 13.0 Å². The van der Waals surface area contributed by atoms with Crippen molar-refractivity contribution < 1.29 is 15.0 Å². The fraction of sp³-hybridized carbons (Fsp3) is 0.833. The van der Waals surface area contributed by atoms with Crippen molar-refractivity contribution in [3.05, 3.63) is 0 Å². The van der Waals surface area contributed by atoms with Crippen LogP contribution < -0.4 is 0 Å². The van der Waals surface area contributed by atoms with Gasteiger partial charge in [-0.25, -0.2) is 0 Å². The van der Waals surface area contributed by atoms with Crippen LogP contribution in [0.4, 0.5) is 0 Å². The molecule has 0 spiro atoms. The molecule has 0 saturated heterocycles. The number of carboxylic acids is 1. The van der Waals surface area contributed by atoms with Gasteiger partial charge in [0.1, 0.15) is 0 Å². The molecular weight excluding hydrogens is 159 g/mol. The number of aliphatic carboxylic acids is 1. The van der Waals surface area contributed by atoms with Crippen molar-refractivity contribution in [1.29, 1.82) is 0 Å². The Balaban J connectivity index is 0. The van der Waals surface area contributed by atoms with Gasteiger partial charge >= 0.3 is 57.4 Å². The van der Waals surface area contributed by atoms with Crippen molar-refractivity contribution in [2.24, 2.45) is 0 Å². The maximum absolute atomic E-state index is 9.90. The summed E-state index contributed by atoms with van der Waals surface area (Å²) in [6, 6.07) is 0. The van der Waals surface area contributed by atoms with Gasteiger partial charge in [-0.1, -0.05) is 6.42 Å². The minimum atomic E-state index is -0.757. The molecular formula is C6H13KO3. The van der Waals surface area contributed by atoms with Gasteiger partial charge in [-0.2, -0.15) is 0 Å². The molecule has 0 aliphatic rings. The molecule has 0 amide bonds. The van der Waals surface area contributed by atoms with Crippen LogP contribution in [0.25, 0.3) is 0 Å². The van der Waals surface area contributed by atoms with E-state index >= 15 is 0 Å². The molecule has 0 aliphatic carbocycles. The maximum atomic E-state index is 9.90. The number of carboxylic acid groups (broad SMARTS) is 1. The van der Waals surface area contributed by atoms with Crippen molar-refractivity contribution in [3.8, 4) is 0 Å². The Kier molecular flexibility index (Phi) is 13.7. The molecule has 10 heavy (non-hydrogen) atoms. The fourth-order valence-electron chi connectivity index (χ4n) is 0.565. The van der Waals surface area contributed by atoms with Gasteiger partial charge < -0.3 is 10.2 Å². The second-order valence-corrected chi connectivity index (χ2v) is 1.93. The first kappa shape index (κ1) is 13.6. The van der Waals surface area contributed by atoms with Crippen LogP contribution in [0.15, 0.2) is 0 Å². The monoisotopic (exact) mass is 172 g/mol. The van der Waals surface area contributed by atoms with E-state index < -0.39 is 5.97 Å². The van der Waals surface area contributed by atoms with Gasteiger partial charge in [0.05, 0.1) is 0 Å². The van der Waals surface area contributed by atoms with Crippen molar-refractivity contribution in [2.45, 2.75) is 25.7 Å². The van der Waals surface area contributed by atoms with Crippen LogP contribution in [0, 0.1) is 0 Å². The molecule has 0 unspecified atom stereocenters. The first-order valence-corrected chi connectivity index (χ1v) is 3.10. The summed E-state index contributed by atoms with van der Waals surface area (Å²) in [6.45, 7) is 0.166. The van der Waals surface area contributed by atoms with E-state index in [1.807, 2.05) is 0 Å². The Labute approximate surface area is 103 Å². The molecule has 0 aliphatic heterocycles. The third-order valence-corrected chi connectivity index (χ3v) is 1.05. The molecule has 0 aromatic heterocycles. The number of unbranched alkanes of at least 4 members (excludes halogenated alkanes) is 2. The summed E-state index contributed by atoms with van der Waals surface area (Å²) in [5.74, 6) is -0.757. The molecule has 0 radical (unpaired) electrons. The third-order valence-electron chi connectivity index (χ3n) is 1.05. The van der Waals surface area contributed by atoms with Crippen molar-refractivity contribution >= 4 is 57.4 Å². The molecule has 0 fully saturated rings. The van der Waals surface area contributed by atoms with Gasteiger partial charge in [0.25, 0.3) is 0 Å². The van der Waals surface area contributed by atoms with Crippen molar-refractivity contribution in [3.63, 3.8) is 0 Å². The average molecular weight is 172 g/mol. The zero-order valence-corrected chi connectivity index (χ0v) is 5.34. The molecule has 0 heterocycles. The van der Waals surface area contributed by atoms with Crippen LogP contribution in [0.1, 0.15) is 25.7 Å². The zero-order chi connectivity index (χ0) is 7.11.